The first-order valence-electron chi connectivity index (χ1n) is 11.7. The van der Waals surface area contributed by atoms with Gasteiger partial charge in [-0.1, -0.05) is 36.4 Å². The zero-order chi connectivity index (χ0) is 24.6. The third kappa shape index (κ3) is 6.15. The summed E-state index contributed by atoms with van der Waals surface area (Å²) in [6.07, 6.45) is 5.48. The van der Waals surface area contributed by atoms with E-state index in [0.29, 0.717) is 17.4 Å². The van der Waals surface area contributed by atoms with Crippen molar-refractivity contribution in [3.63, 3.8) is 0 Å². The first-order valence-corrected chi connectivity index (χ1v) is 12.6. The summed E-state index contributed by atoms with van der Waals surface area (Å²) in [7, 11) is 1.67. The lowest BCUT2D eigenvalue weighted by Crippen LogP contribution is -2.36. The van der Waals surface area contributed by atoms with Gasteiger partial charge in [-0.25, -0.2) is 4.98 Å². The Morgan fingerprint density at radius 2 is 1.86 bits per heavy atom. The van der Waals surface area contributed by atoms with E-state index in [2.05, 4.69) is 21.3 Å². The topological polar surface area (TPSA) is 74.8 Å². The van der Waals surface area contributed by atoms with E-state index in [1.807, 2.05) is 53.9 Å². The van der Waals surface area contributed by atoms with Crippen molar-refractivity contribution in [2.45, 2.75) is 25.8 Å². The van der Waals surface area contributed by atoms with Crippen LogP contribution in [0.1, 0.15) is 37.1 Å². The van der Waals surface area contributed by atoms with Crippen LogP contribution in [-0.4, -0.2) is 48.4 Å². The van der Waals surface area contributed by atoms with E-state index in [9.17, 15) is 9.59 Å². The van der Waals surface area contributed by atoms with Gasteiger partial charge in [0.05, 0.1) is 24.5 Å². The molecule has 1 aliphatic rings. The third-order valence-corrected chi connectivity index (χ3v) is 6.83. The number of methoxy groups -OCH3 is 1. The number of anilines is 2. The highest BCUT2D eigenvalue weighted by Gasteiger charge is 2.26. The molecule has 2 amide bonds. The number of benzene rings is 2. The maximum atomic E-state index is 12.7. The first kappa shape index (κ1) is 24.6. The molecule has 1 N–H and O–H groups in total. The van der Waals surface area contributed by atoms with Gasteiger partial charge < -0.3 is 10.1 Å². The average molecular weight is 491 g/mol. The SMILES string of the molecule is COc1ccccc1C(CNC(=O)/C=C/c1csc(N(C(C)=O)c2ccccc2)n1)N1CCCC1. The largest absolute Gasteiger partial charge is 0.496 e. The van der Waals surface area contributed by atoms with Gasteiger partial charge in [0, 0.05) is 30.5 Å². The van der Waals surface area contributed by atoms with Gasteiger partial charge in [-0.05, 0) is 50.2 Å². The van der Waals surface area contributed by atoms with E-state index in [0.717, 1.165) is 42.9 Å². The van der Waals surface area contributed by atoms with Crippen LogP contribution in [0.4, 0.5) is 10.8 Å². The highest BCUT2D eigenvalue weighted by Crippen LogP contribution is 2.31. The Bertz CT molecular complexity index is 1170. The summed E-state index contributed by atoms with van der Waals surface area (Å²) in [4.78, 5) is 33.4. The number of rotatable bonds is 9. The second-order valence-corrected chi connectivity index (χ2v) is 9.16. The minimum absolute atomic E-state index is 0.0480. The lowest BCUT2D eigenvalue weighted by Gasteiger charge is -2.29. The fourth-order valence-corrected chi connectivity index (χ4v) is 5.16. The van der Waals surface area contributed by atoms with Crippen LogP contribution in [0.3, 0.4) is 0 Å². The van der Waals surface area contributed by atoms with Crippen LogP contribution in [0.25, 0.3) is 6.08 Å². The first-order chi connectivity index (χ1) is 17.1. The van der Waals surface area contributed by atoms with E-state index in [-0.39, 0.29) is 17.9 Å². The number of ether oxygens (including phenoxy) is 1. The normalized spacial score (nSPS) is 14.7. The number of para-hydroxylation sites is 2. The number of thiazole rings is 1. The van der Waals surface area contributed by atoms with Crippen molar-refractivity contribution in [3.8, 4) is 5.75 Å². The van der Waals surface area contributed by atoms with Crippen molar-refractivity contribution in [1.82, 2.24) is 15.2 Å². The number of carbonyl (C=O) groups excluding carboxylic acids is 2. The van der Waals surface area contributed by atoms with E-state index >= 15 is 0 Å². The van der Waals surface area contributed by atoms with Crippen molar-refractivity contribution in [1.29, 1.82) is 0 Å². The molecule has 35 heavy (non-hydrogen) atoms. The van der Waals surface area contributed by atoms with Crippen molar-refractivity contribution in [3.05, 3.63) is 77.3 Å². The zero-order valence-corrected chi connectivity index (χ0v) is 20.8. The Morgan fingerprint density at radius 1 is 1.14 bits per heavy atom. The number of hydrogen-bond acceptors (Lipinski definition) is 6. The Kier molecular flexibility index (Phi) is 8.28. The molecule has 2 aromatic carbocycles. The third-order valence-electron chi connectivity index (χ3n) is 5.98. The lowest BCUT2D eigenvalue weighted by atomic mass is 10.0. The van der Waals surface area contributed by atoms with E-state index in [1.54, 1.807) is 18.1 Å². The molecule has 4 rings (SSSR count). The summed E-state index contributed by atoms with van der Waals surface area (Å²) in [6, 6.07) is 17.4. The second kappa shape index (κ2) is 11.8. The molecule has 1 atom stereocenters. The molecule has 1 aliphatic heterocycles. The number of amides is 2. The number of likely N-dealkylation sites (tertiary alicyclic amines) is 1. The molecule has 0 saturated carbocycles. The number of nitrogens with one attached hydrogen (secondary N) is 1. The van der Waals surface area contributed by atoms with Crippen LogP contribution in [0.5, 0.6) is 5.75 Å². The zero-order valence-electron chi connectivity index (χ0n) is 20.0. The number of hydrogen-bond donors (Lipinski definition) is 1. The molecule has 1 saturated heterocycles. The molecule has 7 nitrogen and oxygen atoms in total. The van der Waals surface area contributed by atoms with Crippen LogP contribution in [0.2, 0.25) is 0 Å². The number of nitrogens with zero attached hydrogens (tertiary/aromatic N) is 3. The van der Waals surface area contributed by atoms with Crippen molar-refractivity contribution in [2.24, 2.45) is 0 Å². The summed E-state index contributed by atoms with van der Waals surface area (Å²) >= 11 is 1.36. The molecule has 0 spiro atoms. The minimum atomic E-state index is -0.190. The molecule has 2 heterocycles. The van der Waals surface area contributed by atoms with Crippen LogP contribution >= 0.6 is 11.3 Å². The predicted molar refractivity (Wildman–Crippen MR) is 140 cm³/mol. The molecule has 0 aliphatic carbocycles. The smallest absolute Gasteiger partial charge is 0.244 e. The molecular weight excluding hydrogens is 460 g/mol. The molecule has 1 unspecified atom stereocenters. The van der Waals surface area contributed by atoms with Gasteiger partial charge >= 0.3 is 0 Å². The van der Waals surface area contributed by atoms with E-state index in [1.165, 1.54) is 24.3 Å². The van der Waals surface area contributed by atoms with Crippen LogP contribution in [-0.2, 0) is 9.59 Å². The molecular formula is C27H30N4O3S. The molecule has 3 aromatic rings. The second-order valence-electron chi connectivity index (χ2n) is 8.32. The van der Waals surface area contributed by atoms with E-state index < -0.39 is 0 Å². The maximum Gasteiger partial charge on any atom is 0.244 e. The molecule has 1 aromatic heterocycles. The fraction of sp³-hybridized carbons (Fsp3) is 0.296. The monoisotopic (exact) mass is 490 g/mol. The van der Waals surface area contributed by atoms with Crippen molar-refractivity contribution >= 4 is 40.0 Å². The summed E-state index contributed by atoms with van der Waals surface area (Å²) in [5.41, 5.74) is 2.46. The van der Waals surface area contributed by atoms with Crippen LogP contribution in [0, 0.1) is 0 Å². The van der Waals surface area contributed by atoms with E-state index in [4.69, 9.17) is 4.74 Å². The van der Waals surface area contributed by atoms with Gasteiger partial charge in [-0.2, -0.15) is 0 Å². The standard InChI is InChI=1S/C27H30N4O3S/c1-20(32)31(22-10-4-3-5-11-22)27-29-21(19-35-27)14-15-26(33)28-18-24(30-16-8-9-17-30)23-12-6-7-13-25(23)34-2/h3-7,10-15,19,24H,8-9,16-18H2,1-2H3,(H,28,33)/b15-14+. The Morgan fingerprint density at radius 3 is 2.57 bits per heavy atom. The van der Waals surface area contributed by atoms with Gasteiger partial charge in [0.15, 0.2) is 5.13 Å². The number of carbonyl (C=O) groups is 2. The Balaban J connectivity index is 1.42. The molecule has 182 valence electrons. The number of aromatic nitrogens is 1. The summed E-state index contributed by atoms with van der Waals surface area (Å²) in [5.74, 6) is 0.519. The van der Waals surface area contributed by atoms with Gasteiger partial charge in [0.2, 0.25) is 11.8 Å². The van der Waals surface area contributed by atoms with Gasteiger partial charge in [-0.15, -0.1) is 11.3 Å². The van der Waals surface area contributed by atoms with Crippen LogP contribution < -0.4 is 15.0 Å². The van der Waals surface area contributed by atoms with Crippen molar-refractivity contribution in [2.75, 3.05) is 31.6 Å². The van der Waals surface area contributed by atoms with Gasteiger partial charge in [-0.3, -0.25) is 19.4 Å². The lowest BCUT2D eigenvalue weighted by molar-refractivity contribution is -0.117. The van der Waals surface area contributed by atoms with Crippen molar-refractivity contribution < 1.29 is 14.3 Å². The Hall–Kier alpha value is -3.49. The summed E-state index contributed by atoms with van der Waals surface area (Å²) in [6.45, 7) is 4.00. The maximum absolute atomic E-state index is 12.7. The highest BCUT2D eigenvalue weighted by atomic mass is 32.1. The van der Waals surface area contributed by atoms with Gasteiger partial charge in [0.25, 0.3) is 0 Å². The molecule has 0 radical (unpaired) electrons. The summed E-state index contributed by atoms with van der Waals surface area (Å²) in [5, 5.41) is 5.44. The molecule has 1 fully saturated rings. The fourth-order valence-electron chi connectivity index (χ4n) is 4.31. The minimum Gasteiger partial charge on any atom is -0.496 e. The highest BCUT2D eigenvalue weighted by molar-refractivity contribution is 7.14. The molecule has 0 bridgehead atoms. The van der Waals surface area contributed by atoms with Gasteiger partial charge in [0.1, 0.15) is 5.75 Å². The predicted octanol–water partition coefficient (Wildman–Crippen LogP) is 4.80. The average Bonchev–Trinajstić information content (AvgIpc) is 3.57. The van der Waals surface area contributed by atoms with Crippen LogP contribution in [0.15, 0.2) is 66.1 Å². The summed E-state index contributed by atoms with van der Waals surface area (Å²) < 4.78 is 5.58. The molecule has 8 heteroatoms. The quantitative estimate of drug-likeness (QED) is 0.436. The Labute approximate surface area is 210 Å².